The maximum atomic E-state index is 11.6. The average molecular weight is 330 g/mol. The van der Waals surface area contributed by atoms with Gasteiger partial charge in [0, 0.05) is 17.8 Å². The highest BCUT2D eigenvalue weighted by Gasteiger charge is 2.06. The molecule has 24 heavy (non-hydrogen) atoms. The number of hydrogen-bond acceptors (Lipinski definition) is 5. The number of benzene rings is 1. The van der Waals surface area contributed by atoms with E-state index >= 15 is 0 Å². The van der Waals surface area contributed by atoms with Gasteiger partial charge in [0.1, 0.15) is 5.82 Å². The topological polar surface area (TPSA) is 84.5 Å². The van der Waals surface area contributed by atoms with Gasteiger partial charge in [-0.2, -0.15) is 0 Å². The van der Waals surface area contributed by atoms with Gasteiger partial charge < -0.3 is 25.4 Å². The summed E-state index contributed by atoms with van der Waals surface area (Å²) in [5.41, 5.74) is 1.43. The molecule has 3 N–H and O–H groups in total. The number of urea groups is 1. The van der Waals surface area contributed by atoms with Crippen LogP contribution in [-0.2, 0) is 0 Å². The molecule has 0 aliphatic rings. The van der Waals surface area contributed by atoms with Gasteiger partial charge in [0.05, 0.1) is 26.1 Å². The Balaban J connectivity index is 2.02. The van der Waals surface area contributed by atoms with Gasteiger partial charge in [0.15, 0.2) is 11.5 Å². The summed E-state index contributed by atoms with van der Waals surface area (Å²) in [6, 6.07) is 8.87. The molecule has 0 spiro atoms. The fraction of sp³-hybridized carbons (Fsp3) is 0.294. The highest BCUT2D eigenvalue weighted by atomic mass is 16.5. The number of anilines is 3. The molecule has 2 aromatic rings. The number of carbonyl (C=O) groups is 1. The van der Waals surface area contributed by atoms with Crippen molar-refractivity contribution in [3.63, 3.8) is 0 Å². The second kappa shape index (κ2) is 8.05. The van der Waals surface area contributed by atoms with Crippen molar-refractivity contribution in [1.82, 2.24) is 10.3 Å². The van der Waals surface area contributed by atoms with Gasteiger partial charge in [-0.05, 0) is 38.1 Å². The third kappa shape index (κ3) is 4.77. The molecular weight excluding hydrogens is 308 g/mol. The van der Waals surface area contributed by atoms with Crippen molar-refractivity contribution >= 4 is 23.2 Å². The molecule has 2 rings (SSSR count). The maximum absolute atomic E-state index is 11.6. The second-order valence-corrected chi connectivity index (χ2v) is 5.38. The van der Waals surface area contributed by atoms with E-state index in [0.29, 0.717) is 23.0 Å². The summed E-state index contributed by atoms with van der Waals surface area (Å²) in [6.45, 7) is 3.79. The van der Waals surface area contributed by atoms with Gasteiger partial charge >= 0.3 is 6.03 Å². The van der Waals surface area contributed by atoms with E-state index in [2.05, 4.69) is 20.9 Å². The molecule has 0 radical (unpaired) electrons. The summed E-state index contributed by atoms with van der Waals surface area (Å²) in [4.78, 5) is 15.9. The minimum absolute atomic E-state index is 0.0731. The van der Waals surface area contributed by atoms with Crippen LogP contribution in [0, 0.1) is 0 Å². The Labute approximate surface area is 141 Å². The summed E-state index contributed by atoms with van der Waals surface area (Å²) in [7, 11) is 3.18. The first kappa shape index (κ1) is 17.4. The number of nitrogens with one attached hydrogen (secondary N) is 3. The Morgan fingerprint density at radius 1 is 1.04 bits per heavy atom. The quantitative estimate of drug-likeness (QED) is 0.756. The van der Waals surface area contributed by atoms with Crippen LogP contribution in [-0.4, -0.2) is 31.3 Å². The smallest absolute Gasteiger partial charge is 0.319 e. The van der Waals surface area contributed by atoms with Gasteiger partial charge in [-0.25, -0.2) is 9.78 Å². The molecule has 1 heterocycles. The lowest BCUT2D eigenvalue weighted by atomic mass is 10.2. The van der Waals surface area contributed by atoms with Gasteiger partial charge in [0.25, 0.3) is 0 Å². The first-order valence-corrected chi connectivity index (χ1v) is 7.54. The summed E-state index contributed by atoms with van der Waals surface area (Å²) >= 11 is 0. The fourth-order valence-electron chi connectivity index (χ4n) is 2.03. The van der Waals surface area contributed by atoms with Crippen LogP contribution in [0.15, 0.2) is 36.5 Å². The van der Waals surface area contributed by atoms with Crippen LogP contribution in [0.25, 0.3) is 0 Å². The van der Waals surface area contributed by atoms with Crippen LogP contribution in [0.4, 0.5) is 22.0 Å². The molecule has 0 atom stereocenters. The second-order valence-electron chi connectivity index (χ2n) is 5.38. The normalized spacial score (nSPS) is 10.2. The third-order valence-electron chi connectivity index (χ3n) is 3.10. The van der Waals surface area contributed by atoms with Crippen LogP contribution in [0.1, 0.15) is 13.8 Å². The number of pyridine rings is 1. The van der Waals surface area contributed by atoms with E-state index in [1.54, 1.807) is 32.5 Å². The Morgan fingerprint density at radius 3 is 2.33 bits per heavy atom. The number of nitrogens with zero attached hydrogens (tertiary/aromatic N) is 1. The Hall–Kier alpha value is -2.96. The van der Waals surface area contributed by atoms with Gasteiger partial charge in [-0.15, -0.1) is 0 Å². The number of methoxy groups -OCH3 is 2. The number of hydrogen-bond donors (Lipinski definition) is 3. The van der Waals surface area contributed by atoms with E-state index in [4.69, 9.17) is 9.47 Å². The number of amides is 2. The molecule has 7 heteroatoms. The summed E-state index contributed by atoms with van der Waals surface area (Å²) in [5, 5.41) is 8.64. The first-order valence-electron chi connectivity index (χ1n) is 7.54. The largest absolute Gasteiger partial charge is 0.493 e. The molecule has 2 amide bonds. The Kier molecular flexibility index (Phi) is 5.83. The molecule has 128 valence electrons. The van der Waals surface area contributed by atoms with Crippen molar-refractivity contribution in [1.29, 1.82) is 0 Å². The van der Waals surface area contributed by atoms with E-state index < -0.39 is 0 Å². The molecule has 7 nitrogen and oxygen atoms in total. The number of carbonyl (C=O) groups excluding carboxylic acids is 1. The lowest BCUT2D eigenvalue weighted by Gasteiger charge is -2.12. The summed E-state index contributed by atoms with van der Waals surface area (Å²) in [5.74, 6) is 1.94. The minimum Gasteiger partial charge on any atom is -0.493 e. The van der Waals surface area contributed by atoms with Gasteiger partial charge in [-0.1, -0.05) is 0 Å². The molecule has 0 aliphatic heterocycles. The van der Waals surface area contributed by atoms with Crippen LogP contribution in [0.5, 0.6) is 11.5 Å². The van der Waals surface area contributed by atoms with Crippen molar-refractivity contribution in [2.24, 2.45) is 0 Å². The molecule has 0 bridgehead atoms. The molecule has 0 unspecified atom stereocenters. The lowest BCUT2D eigenvalue weighted by Crippen LogP contribution is -2.34. The molecule has 0 saturated heterocycles. The fourth-order valence-corrected chi connectivity index (χ4v) is 2.03. The minimum atomic E-state index is -0.257. The zero-order valence-corrected chi connectivity index (χ0v) is 14.2. The predicted molar refractivity (Wildman–Crippen MR) is 94.4 cm³/mol. The zero-order valence-electron chi connectivity index (χ0n) is 14.2. The highest BCUT2D eigenvalue weighted by molar-refractivity contribution is 5.89. The summed E-state index contributed by atoms with van der Waals surface area (Å²) < 4.78 is 10.5. The van der Waals surface area contributed by atoms with E-state index in [-0.39, 0.29) is 12.1 Å². The van der Waals surface area contributed by atoms with Crippen molar-refractivity contribution in [3.05, 3.63) is 36.5 Å². The summed E-state index contributed by atoms with van der Waals surface area (Å²) in [6.07, 6.45) is 1.59. The number of ether oxygens (including phenoxy) is 2. The van der Waals surface area contributed by atoms with E-state index in [1.165, 1.54) is 0 Å². The number of aromatic nitrogens is 1. The maximum Gasteiger partial charge on any atom is 0.319 e. The molecule has 1 aromatic heterocycles. The number of rotatable bonds is 6. The molecule has 0 aliphatic carbocycles. The standard InChI is InChI=1S/C17H22N4O3/c1-11(2)19-17(22)21-13-6-8-16(18-10-13)20-12-5-7-14(23-3)15(9-12)24-4/h5-11H,1-4H3,(H,18,20)(H2,19,21,22). The molecule has 0 saturated carbocycles. The van der Waals surface area contributed by atoms with Gasteiger partial charge in [0.2, 0.25) is 0 Å². The molecule has 1 aromatic carbocycles. The van der Waals surface area contributed by atoms with Crippen molar-refractivity contribution in [2.45, 2.75) is 19.9 Å². The average Bonchev–Trinajstić information content (AvgIpc) is 2.55. The van der Waals surface area contributed by atoms with Crippen LogP contribution < -0.4 is 25.4 Å². The molecule has 0 fully saturated rings. The Morgan fingerprint density at radius 2 is 1.75 bits per heavy atom. The Bertz CT molecular complexity index is 687. The van der Waals surface area contributed by atoms with Crippen molar-refractivity contribution in [3.8, 4) is 11.5 Å². The zero-order chi connectivity index (χ0) is 17.5. The van der Waals surface area contributed by atoms with Crippen LogP contribution in [0.2, 0.25) is 0 Å². The third-order valence-corrected chi connectivity index (χ3v) is 3.10. The monoisotopic (exact) mass is 330 g/mol. The van der Waals surface area contributed by atoms with E-state index in [1.807, 2.05) is 32.0 Å². The van der Waals surface area contributed by atoms with Gasteiger partial charge in [-0.3, -0.25) is 0 Å². The van der Waals surface area contributed by atoms with Crippen molar-refractivity contribution < 1.29 is 14.3 Å². The molecular formula is C17H22N4O3. The van der Waals surface area contributed by atoms with Crippen LogP contribution >= 0.6 is 0 Å². The SMILES string of the molecule is COc1ccc(Nc2ccc(NC(=O)NC(C)C)cn2)cc1OC. The van der Waals surface area contributed by atoms with Crippen LogP contribution in [0.3, 0.4) is 0 Å². The van der Waals surface area contributed by atoms with Crippen molar-refractivity contribution in [2.75, 3.05) is 24.9 Å². The first-order chi connectivity index (χ1) is 11.5. The van der Waals surface area contributed by atoms with E-state index in [0.717, 1.165) is 5.69 Å². The predicted octanol–water partition coefficient (Wildman–Crippen LogP) is 3.37. The lowest BCUT2D eigenvalue weighted by molar-refractivity contribution is 0.250. The highest BCUT2D eigenvalue weighted by Crippen LogP contribution is 2.30. The van der Waals surface area contributed by atoms with E-state index in [9.17, 15) is 4.79 Å².